The van der Waals surface area contributed by atoms with Crippen LogP contribution in [0, 0.1) is 13.8 Å². The second-order valence-electron chi connectivity index (χ2n) is 6.18. The Morgan fingerprint density at radius 2 is 1.22 bits per heavy atom. The molecule has 0 atom stereocenters. The number of nitrogens with one attached hydrogen (secondary N) is 2. The van der Waals surface area contributed by atoms with Crippen molar-refractivity contribution in [1.29, 1.82) is 0 Å². The van der Waals surface area contributed by atoms with Crippen LogP contribution in [0.25, 0.3) is 0 Å². The first-order valence-electron chi connectivity index (χ1n) is 8.55. The minimum Gasteiger partial charge on any atom is -0.325 e. The molecule has 2 N–H and O–H groups in total. The number of carbonyl (C=O) groups excluding carboxylic acids is 2. The molecule has 4 nitrogen and oxygen atoms in total. The lowest BCUT2D eigenvalue weighted by Gasteiger charge is -2.09. The molecule has 0 heterocycles. The molecule has 0 fully saturated rings. The molecule has 2 aromatic rings. The van der Waals surface area contributed by atoms with E-state index in [1.54, 1.807) is 11.8 Å². The molecule has 27 heavy (non-hydrogen) atoms. The number of hydrogen-bond donors (Lipinski definition) is 2. The van der Waals surface area contributed by atoms with Gasteiger partial charge in [0.15, 0.2) is 0 Å². The highest BCUT2D eigenvalue weighted by Crippen LogP contribution is 2.24. The first kappa shape index (κ1) is 22.0. The largest absolute Gasteiger partial charge is 0.325 e. The molecular weight excluding hydrogens is 492 g/mol. The van der Waals surface area contributed by atoms with Crippen LogP contribution in [0.1, 0.15) is 24.0 Å². The van der Waals surface area contributed by atoms with Crippen molar-refractivity contribution in [2.24, 2.45) is 0 Å². The molecule has 0 aliphatic heterocycles. The van der Waals surface area contributed by atoms with Gasteiger partial charge in [-0.15, -0.1) is 0 Å². The van der Waals surface area contributed by atoms with Crippen molar-refractivity contribution >= 4 is 66.8 Å². The molecule has 0 radical (unpaired) electrons. The molecule has 2 aromatic carbocycles. The van der Waals surface area contributed by atoms with Gasteiger partial charge in [-0.2, -0.15) is 11.8 Å². The second-order valence-corrected chi connectivity index (χ2v) is 9.11. The van der Waals surface area contributed by atoms with E-state index in [0.717, 1.165) is 31.4 Å². The third-order valence-electron chi connectivity index (χ3n) is 3.74. The number of rotatable bonds is 8. The predicted octanol–water partition coefficient (Wildman–Crippen LogP) is 5.92. The SMILES string of the molecule is Cc1ccc(NC(=O)CCSCCC(=O)Nc2ccc(C)cc2Br)c(Br)c1. The molecular formula is C20H22Br2N2O2S. The van der Waals surface area contributed by atoms with Crippen LogP contribution < -0.4 is 10.6 Å². The van der Waals surface area contributed by atoms with E-state index < -0.39 is 0 Å². The Bertz CT molecular complexity index is 760. The topological polar surface area (TPSA) is 58.2 Å². The summed E-state index contributed by atoms with van der Waals surface area (Å²) < 4.78 is 1.75. The summed E-state index contributed by atoms with van der Waals surface area (Å²) in [4.78, 5) is 24.0. The molecule has 0 aliphatic rings. The summed E-state index contributed by atoms with van der Waals surface area (Å²) in [5.41, 5.74) is 3.81. The smallest absolute Gasteiger partial charge is 0.225 e. The summed E-state index contributed by atoms with van der Waals surface area (Å²) in [5.74, 6) is 1.30. The summed E-state index contributed by atoms with van der Waals surface area (Å²) in [6.07, 6.45) is 0.826. The van der Waals surface area contributed by atoms with E-state index >= 15 is 0 Å². The van der Waals surface area contributed by atoms with Gasteiger partial charge in [-0.3, -0.25) is 9.59 Å². The minimum absolute atomic E-state index is 0.0277. The number of halogens is 2. The lowest BCUT2D eigenvalue weighted by molar-refractivity contribution is -0.116. The fourth-order valence-electron chi connectivity index (χ4n) is 2.30. The van der Waals surface area contributed by atoms with Crippen molar-refractivity contribution in [2.45, 2.75) is 26.7 Å². The molecule has 2 amide bonds. The van der Waals surface area contributed by atoms with E-state index in [9.17, 15) is 9.59 Å². The van der Waals surface area contributed by atoms with Crippen LogP contribution in [0.15, 0.2) is 45.3 Å². The number of anilines is 2. The monoisotopic (exact) mass is 512 g/mol. The minimum atomic E-state index is -0.0277. The van der Waals surface area contributed by atoms with Gasteiger partial charge in [0.05, 0.1) is 11.4 Å². The van der Waals surface area contributed by atoms with Gasteiger partial charge in [-0.1, -0.05) is 12.1 Å². The maximum atomic E-state index is 12.0. The summed E-state index contributed by atoms with van der Waals surface area (Å²) in [5, 5.41) is 5.79. The van der Waals surface area contributed by atoms with Gasteiger partial charge >= 0.3 is 0 Å². The first-order chi connectivity index (χ1) is 12.8. The van der Waals surface area contributed by atoms with Crippen LogP contribution in [-0.4, -0.2) is 23.3 Å². The van der Waals surface area contributed by atoms with E-state index in [-0.39, 0.29) is 11.8 Å². The number of amides is 2. The Kier molecular flexibility index (Phi) is 8.86. The molecule has 0 aliphatic carbocycles. The Morgan fingerprint density at radius 3 is 1.59 bits per heavy atom. The number of hydrogen-bond acceptors (Lipinski definition) is 3. The van der Waals surface area contributed by atoms with Gasteiger partial charge in [0.1, 0.15) is 0 Å². The molecule has 144 valence electrons. The number of carbonyl (C=O) groups is 2. The first-order valence-corrected chi connectivity index (χ1v) is 11.3. The maximum absolute atomic E-state index is 12.0. The number of aryl methyl sites for hydroxylation is 2. The van der Waals surface area contributed by atoms with Gasteiger partial charge < -0.3 is 10.6 Å². The molecule has 0 saturated carbocycles. The van der Waals surface area contributed by atoms with Gasteiger partial charge in [0, 0.05) is 33.3 Å². The standard InChI is InChI=1S/C20H22Br2N2O2S/c1-13-3-5-17(15(21)11-13)23-19(25)7-9-27-10-8-20(26)24-18-6-4-14(2)12-16(18)22/h3-6,11-12H,7-10H2,1-2H3,(H,23,25)(H,24,26). The van der Waals surface area contributed by atoms with E-state index in [1.165, 1.54) is 0 Å². The Hall–Kier alpha value is -1.31. The van der Waals surface area contributed by atoms with Crippen molar-refractivity contribution in [1.82, 2.24) is 0 Å². The fourth-order valence-corrected chi connectivity index (χ4v) is 4.35. The zero-order valence-corrected chi connectivity index (χ0v) is 19.3. The number of thioether (sulfide) groups is 1. The van der Waals surface area contributed by atoms with Gasteiger partial charge in [-0.25, -0.2) is 0 Å². The van der Waals surface area contributed by atoms with Crippen molar-refractivity contribution in [2.75, 3.05) is 22.1 Å². The van der Waals surface area contributed by atoms with Crippen LogP contribution >= 0.6 is 43.6 Å². The lowest BCUT2D eigenvalue weighted by Crippen LogP contribution is -2.14. The molecule has 0 unspecified atom stereocenters. The van der Waals surface area contributed by atoms with Crippen molar-refractivity contribution in [3.05, 3.63) is 56.5 Å². The third-order valence-corrected chi connectivity index (χ3v) is 6.04. The van der Waals surface area contributed by atoms with E-state index in [0.29, 0.717) is 24.3 Å². The average Bonchev–Trinajstić information content (AvgIpc) is 2.59. The van der Waals surface area contributed by atoms with Crippen LogP contribution in [0.5, 0.6) is 0 Å². The molecule has 0 spiro atoms. The lowest BCUT2D eigenvalue weighted by atomic mass is 10.2. The van der Waals surface area contributed by atoms with E-state index in [2.05, 4.69) is 42.5 Å². The summed E-state index contributed by atoms with van der Waals surface area (Å²) in [6.45, 7) is 4.00. The van der Waals surface area contributed by atoms with Crippen molar-refractivity contribution in [3.63, 3.8) is 0 Å². The molecule has 0 saturated heterocycles. The van der Waals surface area contributed by atoms with Crippen LogP contribution in [0.4, 0.5) is 11.4 Å². The highest BCUT2D eigenvalue weighted by molar-refractivity contribution is 9.11. The molecule has 2 rings (SSSR count). The molecule has 0 aromatic heterocycles. The van der Waals surface area contributed by atoms with Crippen molar-refractivity contribution < 1.29 is 9.59 Å². The quantitative estimate of drug-likeness (QED) is 0.431. The van der Waals surface area contributed by atoms with Crippen molar-refractivity contribution in [3.8, 4) is 0 Å². The maximum Gasteiger partial charge on any atom is 0.225 e. The highest BCUT2D eigenvalue weighted by atomic mass is 79.9. The van der Waals surface area contributed by atoms with E-state index in [1.807, 2.05) is 50.2 Å². The summed E-state index contributed by atoms with van der Waals surface area (Å²) in [6, 6.07) is 11.6. The predicted molar refractivity (Wildman–Crippen MR) is 122 cm³/mol. The fraction of sp³-hybridized carbons (Fsp3) is 0.300. The third kappa shape index (κ3) is 7.68. The number of benzene rings is 2. The van der Waals surface area contributed by atoms with Gasteiger partial charge in [0.25, 0.3) is 0 Å². The van der Waals surface area contributed by atoms with Crippen LogP contribution in [0.3, 0.4) is 0 Å². The second kappa shape index (κ2) is 10.9. The summed E-state index contributed by atoms with van der Waals surface area (Å²) in [7, 11) is 0. The zero-order chi connectivity index (χ0) is 19.8. The van der Waals surface area contributed by atoms with Gasteiger partial charge in [0.2, 0.25) is 11.8 Å². The van der Waals surface area contributed by atoms with Gasteiger partial charge in [-0.05, 0) is 81.1 Å². The van der Waals surface area contributed by atoms with Crippen LogP contribution in [-0.2, 0) is 9.59 Å². The summed E-state index contributed by atoms with van der Waals surface area (Å²) >= 11 is 8.51. The normalized spacial score (nSPS) is 10.5. The van der Waals surface area contributed by atoms with Crippen LogP contribution in [0.2, 0.25) is 0 Å². The Labute approximate surface area is 181 Å². The molecule has 0 bridgehead atoms. The zero-order valence-electron chi connectivity index (χ0n) is 15.3. The molecule has 7 heteroatoms. The van der Waals surface area contributed by atoms with E-state index in [4.69, 9.17) is 0 Å². The highest BCUT2D eigenvalue weighted by Gasteiger charge is 2.08. The Morgan fingerprint density at radius 1 is 0.815 bits per heavy atom. The Balaban J connectivity index is 1.64. The average molecular weight is 514 g/mol.